The largest absolute Gasteiger partial charge is 0.507 e. The van der Waals surface area contributed by atoms with Crippen molar-refractivity contribution in [1.82, 2.24) is 0 Å². The lowest BCUT2D eigenvalue weighted by molar-refractivity contribution is 0.474. The number of rotatable bonds is 0. The molecular formula is C18H11ClO. The summed E-state index contributed by atoms with van der Waals surface area (Å²) in [6, 6.07) is 18.7. The average molecular weight is 279 g/mol. The molecule has 0 spiro atoms. The van der Waals surface area contributed by atoms with E-state index in [2.05, 4.69) is 11.8 Å². The van der Waals surface area contributed by atoms with Crippen LogP contribution in [0.25, 0.3) is 10.8 Å². The Bertz CT molecular complexity index is 823. The first kappa shape index (κ1) is 12.6. The fourth-order valence-electron chi connectivity index (χ4n) is 2.06. The molecule has 0 aliphatic heterocycles. The molecular weight excluding hydrogens is 268 g/mol. The van der Waals surface area contributed by atoms with Gasteiger partial charge in [-0.15, -0.1) is 0 Å². The van der Waals surface area contributed by atoms with Gasteiger partial charge >= 0.3 is 0 Å². The van der Waals surface area contributed by atoms with Gasteiger partial charge in [-0.3, -0.25) is 0 Å². The molecule has 0 amide bonds. The molecule has 2 heteroatoms. The minimum Gasteiger partial charge on any atom is -0.507 e. The second-order valence-corrected chi connectivity index (χ2v) is 4.87. The Morgan fingerprint density at radius 3 is 2.35 bits per heavy atom. The number of fused-ring (bicyclic) bond motifs is 1. The number of benzene rings is 3. The van der Waals surface area contributed by atoms with E-state index in [4.69, 9.17) is 11.6 Å². The normalized spacial score (nSPS) is 10.1. The summed E-state index contributed by atoms with van der Waals surface area (Å²) in [5.74, 6) is 6.30. The van der Waals surface area contributed by atoms with Crippen LogP contribution in [0.3, 0.4) is 0 Å². The van der Waals surface area contributed by atoms with Crippen molar-refractivity contribution in [3.8, 4) is 17.6 Å². The van der Waals surface area contributed by atoms with Gasteiger partial charge in [0.1, 0.15) is 5.75 Å². The molecule has 0 heterocycles. The lowest BCUT2D eigenvalue weighted by atomic mass is 10.0. The van der Waals surface area contributed by atoms with Gasteiger partial charge in [-0.2, -0.15) is 0 Å². The van der Waals surface area contributed by atoms with Gasteiger partial charge < -0.3 is 5.11 Å². The quantitative estimate of drug-likeness (QED) is 0.596. The molecule has 1 N–H and O–H groups in total. The van der Waals surface area contributed by atoms with Gasteiger partial charge in [0, 0.05) is 16.0 Å². The lowest BCUT2D eigenvalue weighted by Crippen LogP contribution is -1.82. The Morgan fingerprint density at radius 1 is 0.800 bits per heavy atom. The van der Waals surface area contributed by atoms with Crippen LogP contribution in [0.15, 0.2) is 60.7 Å². The smallest absolute Gasteiger partial charge is 0.131 e. The molecule has 0 saturated carbocycles. The number of hydrogen-bond acceptors (Lipinski definition) is 1. The fraction of sp³-hybridized carbons (Fsp3) is 0. The SMILES string of the molecule is Oc1ccc2ccccc2c1C#Cc1ccc(Cl)cc1. The second-order valence-electron chi connectivity index (χ2n) is 4.44. The van der Waals surface area contributed by atoms with E-state index in [1.165, 1.54) is 0 Å². The molecule has 3 rings (SSSR count). The summed E-state index contributed by atoms with van der Waals surface area (Å²) in [5.41, 5.74) is 1.51. The van der Waals surface area contributed by atoms with Crippen molar-refractivity contribution in [3.63, 3.8) is 0 Å². The fourth-order valence-corrected chi connectivity index (χ4v) is 2.19. The minimum absolute atomic E-state index is 0.199. The van der Waals surface area contributed by atoms with Gasteiger partial charge in [0.15, 0.2) is 0 Å². The van der Waals surface area contributed by atoms with Crippen LogP contribution in [0.4, 0.5) is 0 Å². The zero-order valence-electron chi connectivity index (χ0n) is 10.6. The van der Waals surface area contributed by atoms with E-state index in [9.17, 15) is 5.11 Å². The third kappa shape index (κ3) is 2.47. The van der Waals surface area contributed by atoms with Crippen LogP contribution in [-0.2, 0) is 0 Å². The Hall–Kier alpha value is -2.43. The molecule has 0 bridgehead atoms. The molecule has 96 valence electrons. The standard InChI is InChI=1S/C18H11ClO/c19-15-9-5-13(6-10-15)7-11-17-16-4-2-1-3-14(16)8-12-18(17)20/h1-6,8-10,12,20H. The summed E-state index contributed by atoms with van der Waals surface area (Å²) >= 11 is 5.84. The predicted octanol–water partition coefficient (Wildman–Crippen LogP) is 4.60. The van der Waals surface area contributed by atoms with E-state index >= 15 is 0 Å². The molecule has 0 fully saturated rings. The van der Waals surface area contributed by atoms with E-state index in [1.807, 2.05) is 42.5 Å². The first-order valence-corrected chi connectivity index (χ1v) is 6.60. The van der Waals surface area contributed by atoms with Gasteiger partial charge in [-0.25, -0.2) is 0 Å². The van der Waals surface area contributed by atoms with Crippen LogP contribution < -0.4 is 0 Å². The van der Waals surface area contributed by atoms with E-state index in [0.717, 1.165) is 16.3 Å². The summed E-state index contributed by atoms with van der Waals surface area (Å²) in [6.07, 6.45) is 0. The van der Waals surface area contributed by atoms with Gasteiger partial charge in [0.05, 0.1) is 5.56 Å². The van der Waals surface area contributed by atoms with Gasteiger partial charge in [-0.05, 0) is 35.7 Å². The van der Waals surface area contributed by atoms with Crippen LogP contribution >= 0.6 is 11.6 Å². The topological polar surface area (TPSA) is 20.2 Å². The van der Waals surface area contributed by atoms with E-state index in [1.54, 1.807) is 18.2 Å². The number of aromatic hydroxyl groups is 1. The van der Waals surface area contributed by atoms with Crippen LogP contribution in [0.2, 0.25) is 5.02 Å². The first-order valence-electron chi connectivity index (χ1n) is 6.22. The third-order valence-corrected chi connectivity index (χ3v) is 3.34. The molecule has 0 aliphatic rings. The number of phenolic OH excluding ortho intramolecular Hbond substituents is 1. The highest BCUT2D eigenvalue weighted by molar-refractivity contribution is 6.30. The molecule has 0 unspecified atom stereocenters. The average Bonchev–Trinajstić information content (AvgIpc) is 2.48. The zero-order chi connectivity index (χ0) is 13.9. The van der Waals surface area contributed by atoms with Crippen molar-refractivity contribution in [2.45, 2.75) is 0 Å². The second kappa shape index (κ2) is 5.28. The van der Waals surface area contributed by atoms with Crippen LogP contribution in [-0.4, -0.2) is 5.11 Å². The lowest BCUT2D eigenvalue weighted by Gasteiger charge is -2.02. The molecule has 0 atom stereocenters. The van der Waals surface area contributed by atoms with Crippen LogP contribution in [0.5, 0.6) is 5.75 Å². The van der Waals surface area contributed by atoms with E-state index in [-0.39, 0.29) is 5.75 Å². The maximum atomic E-state index is 10.0. The third-order valence-electron chi connectivity index (χ3n) is 3.08. The zero-order valence-corrected chi connectivity index (χ0v) is 11.4. The Balaban J connectivity index is 2.11. The van der Waals surface area contributed by atoms with Gasteiger partial charge in [0.2, 0.25) is 0 Å². The summed E-state index contributed by atoms with van der Waals surface area (Å²) in [6.45, 7) is 0. The number of phenols is 1. The highest BCUT2D eigenvalue weighted by atomic mass is 35.5. The number of halogens is 1. The van der Waals surface area contributed by atoms with Crippen LogP contribution in [0.1, 0.15) is 11.1 Å². The maximum absolute atomic E-state index is 10.0. The van der Waals surface area contributed by atoms with Crippen molar-refractivity contribution in [1.29, 1.82) is 0 Å². The van der Waals surface area contributed by atoms with Gasteiger partial charge in [0.25, 0.3) is 0 Å². The molecule has 3 aromatic rings. The van der Waals surface area contributed by atoms with Crippen molar-refractivity contribution >= 4 is 22.4 Å². The Kier molecular flexibility index (Phi) is 3.33. The monoisotopic (exact) mass is 278 g/mol. The van der Waals surface area contributed by atoms with E-state index in [0.29, 0.717) is 10.6 Å². The molecule has 0 aromatic heterocycles. The summed E-state index contributed by atoms with van der Waals surface area (Å²) < 4.78 is 0. The molecule has 0 saturated heterocycles. The number of hydrogen-bond donors (Lipinski definition) is 1. The van der Waals surface area contributed by atoms with Crippen LogP contribution in [0, 0.1) is 11.8 Å². The Labute approximate surface area is 122 Å². The first-order chi connectivity index (χ1) is 9.74. The maximum Gasteiger partial charge on any atom is 0.131 e. The van der Waals surface area contributed by atoms with E-state index < -0.39 is 0 Å². The molecule has 1 nitrogen and oxygen atoms in total. The molecule has 0 radical (unpaired) electrons. The molecule has 3 aromatic carbocycles. The van der Waals surface area contributed by atoms with Crippen molar-refractivity contribution in [2.24, 2.45) is 0 Å². The highest BCUT2D eigenvalue weighted by Gasteiger charge is 2.03. The van der Waals surface area contributed by atoms with Crippen molar-refractivity contribution < 1.29 is 5.11 Å². The summed E-state index contributed by atoms with van der Waals surface area (Å²) in [4.78, 5) is 0. The highest BCUT2D eigenvalue weighted by Crippen LogP contribution is 2.26. The summed E-state index contributed by atoms with van der Waals surface area (Å²) in [5, 5.41) is 12.7. The van der Waals surface area contributed by atoms with Gasteiger partial charge in [-0.1, -0.05) is 53.8 Å². The molecule has 0 aliphatic carbocycles. The minimum atomic E-state index is 0.199. The van der Waals surface area contributed by atoms with Crippen molar-refractivity contribution in [3.05, 3.63) is 76.8 Å². The predicted molar refractivity (Wildman–Crippen MR) is 83.0 cm³/mol. The Morgan fingerprint density at radius 2 is 1.55 bits per heavy atom. The summed E-state index contributed by atoms with van der Waals surface area (Å²) in [7, 11) is 0. The van der Waals surface area contributed by atoms with Crippen molar-refractivity contribution in [2.75, 3.05) is 0 Å². The molecule has 20 heavy (non-hydrogen) atoms.